The first-order chi connectivity index (χ1) is 30.5. The maximum Gasteiger partial charge on any atom is 0.306 e. The number of hydrogen-bond donors (Lipinski definition) is 3. The third kappa shape index (κ3) is 43.2. The van der Waals surface area contributed by atoms with Crippen LogP contribution >= 0.6 is 0 Å². The molecule has 0 saturated carbocycles. The first kappa shape index (κ1) is 58.5. The Morgan fingerprint density at radius 3 is 1.32 bits per heavy atom. The smallest absolute Gasteiger partial charge is 0.306 e. The van der Waals surface area contributed by atoms with Gasteiger partial charge in [-0.1, -0.05) is 239 Å². The van der Waals surface area contributed by atoms with Crippen LogP contribution in [0.1, 0.15) is 207 Å². The molecule has 6 nitrogen and oxygen atoms in total. The molecule has 0 bridgehead atoms. The second-order valence-corrected chi connectivity index (χ2v) is 16.7. The van der Waals surface area contributed by atoms with Gasteiger partial charge in [0.2, 0.25) is 5.91 Å². The number of esters is 1. The SMILES string of the molecule is CC/C=C/C=C/C=C\C=C/C=C/CCCCCC(=O)OC(CCCCC\C=C/C=C/C=C/C=C/CC)CC(=O)NC(CO)C(O)CCCCCCCCCCCCCCCCC. The second kappa shape index (κ2) is 48.6. The zero-order valence-corrected chi connectivity index (χ0v) is 40.0. The number of carbonyl (C=O) groups is 2. The van der Waals surface area contributed by atoms with Gasteiger partial charge in [-0.2, -0.15) is 0 Å². The minimum atomic E-state index is -0.813. The van der Waals surface area contributed by atoms with Crippen LogP contribution in [0.15, 0.2) is 109 Å². The largest absolute Gasteiger partial charge is 0.462 e. The van der Waals surface area contributed by atoms with Crippen LogP contribution < -0.4 is 5.32 Å². The number of nitrogens with one attached hydrogen (secondary N) is 1. The summed E-state index contributed by atoms with van der Waals surface area (Å²) in [5.74, 6) is -0.573. The zero-order chi connectivity index (χ0) is 45.2. The summed E-state index contributed by atoms with van der Waals surface area (Å²) in [6.45, 7) is 6.17. The van der Waals surface area contributed by atoms with E-state index in [1.165, 1.54) is 77.0 Å². The Morgan fingerprint density at radius 1 is 0.484 bits per heavy atom. The van der Waals surface area contributed by atoms with E-state index in [2.05, 4.69) is 62.5 Å². The van der Waals surface area contributed by atoms with Crippen LogP contribution in [0.4, 0.5) is 0 Å². The van der Waals surface area contributed by atoms with E-state index < -0.39 is 18.2 Å². The number of rotatable bonds is 43. The maximum atomic E-state index is 13.2. The lowest BCUT2D eigenvalue weighted by molar-refractivity contribution is -0.151. The Morgan fingerprint density at radius 2 is 0.871 bits per heavy atom. The molecule has 0 aliphatic heterocycles. The number of aliphatic hydroxyl groups is 2. The molecule has 0 aliphatic rings. The lowest BCUT2D eigenvalue weighted by Crippen LogP contribution is -2.46. The molecule has 0 spiro atoms. The molecule has 3 N–H and O–H groups in total. The molecular formula is C56H93NO5. The van der Waals surface area contributed by atoms with E-state index in [1.54, 1.807) is 0 Å². The van der Waals surface area contributed by atoms with Gasteiger partial charge in [0.15, 0.2) is 0 Å². The monoisotopic (exact) mass is 860 g/mol. The van der Waals surface area contributed by atoms with E-state index in [-0.39, 0.29) is 24.9 Å². The fourth-order valence-corrected chi connectivity index (χ4v) is 7.05. The molecule has 0 heterocycles. The quantitative estimate of drug-likeness (QED) is 0.0322. The Balaban J connectivity index is 4.71. The highest BCUT2D eigenvalue weighted by atomic mass is 16.5. The average Bonchev–Trinajstić information content (AvgIpc) is 3.26. The van der Waals surface area contributed by atoms with Crippen LogP contribution in [0.2, 0.25) is 0 Å². The van der Waals surface area contributed by atoms with Crippen molar-refractivity contribution in [2.24, 2.45) is 0 Å². The molecule has 0 aromatic rings. The van der Waals surface area contributed by atoms with Gasteiger partial charge >= 0.3 is 5.97 Å². The Kier molecular flexibility index (Phi) is 45.8. The zero-order valence-electron chi connectivity index (χ0n) is 40.0. The van der Waals surface area contributed by atoms with E-state index in [0.717, 1.165) is 83.5 Å². The fraction of sp³-hybridized carbons (Fsp3) is 0.643. The highest BCUT2D eigenvalue weighted by Crippen LogP contribution is 2.17. The molecule has 3 unspecified atom stereocenters. The van der Waals surface area contributed by atoms with Gasteiger partial charge < -0.3 is 20.3 Å². The summed E-state index contributed by atoms with van der Waals surface area (Å²) in [5.41, 5.74) is 0. The molecule has 3 atom stereocenters. The number of unbranched alkanes of at least 4 members (excludes halogenated alkanes) is 20. The minimum Gasteiger partial charge on any atom is -0.462 e. The fourth-order valence-electron chi connectivity index (χ4n) is 7.05. The van der Waals surface area contributed by atoms with Gasteiger partial charge in [0.25, 0.3) is 0 Å². The topological polar surface area (TPSA) is 95.9 Å². The van der Waals surface area contributed by atoms with E-state index in [9.17, 15) is 19.8 Å². The van der Waals surface area contributed by atoms with Crippen molar-refractivity contribution in [3.8, 4) is 0 Å². The van der Waals surface area contributed by atoms with Crippen molar-refractivity contribution in [2.75, 3.05) is 6.61 Å². The van der Waals surface area contributed by atoms with Crippen LogP contribution in [0.3, 0.4) is 0 Å². The van der Waals surface area contributed by atoms with Crippen LogP contribution in [0, 0.1) is 0 Å². The van der Waals surface area contributed by atoms with Crippen molar-refractivity contribution in [1.29, 1.82) is 0 Å². The number of allylic oxidation sites excluding steroid dienone is 18. The molecular weight excluding hydrogens is 767 g/mol. The third-order valence-electron chi connectivity index (χ3n) is 10.8. The number of amides is 1. The predicted molar refractivity (Wildman–Crippen MR) is 268 cm³/mol. The van der Waals surface area contributed by atoms with Crippen molar-refractivity contribution in [3.63, 3.8) is 0 Å². The van der Waals surface area contributed by atoms with Crippen molar-refractivity contribution in [2.45, 2.75) is 225 Å². The highest BCUT2D eigenvalue weighted by Gasteiger charge is 2.24. The van der Waals surface area contributed by atoms with Crippen LogP contribution in [-0.4, -0.2) is 46.9 Å². The molecule has 0 radical (unpaired) electrons. The normalized spacial score (nSPS) is 14.2. The molecule has 0 fully saturated rings. The van der Waals surface area contributed by atoms with E-state index in [4.69, 9.17) is 4.74 Å². The molecule has 62 heavy (non-hydrogen) atoms. The van der Waals surface area contributed by atoms with Gasteiger partial charge in [-0.25, -0.2) is 0 Å². The molecule has 0 aliphatic carbocycles. The van der Waals surface area contributed by atoms with Gasteiger partial charge in [-0.15, -0.1) is 0 Å². The third-order valence-corrected chi connectivity index (χ3v) is 10.8. The summed E-state index contributed by atoms with van der Waals surface area (Å²) in [6, 6.07) is -0.731. The number of hydrogen-bond acceptors (Lipinski definition) is 5. The van der Waals surface area contributed by atoms with Gasteiger partial charge in [0.05, 0.1) is 25.2 Å². The van der Waals surface area contributed by atoms with Crippen molar-refractivity contribution in [3.05, 3.63) is 109 Å². The molecule has 0 aromatic heterocycles. The van der Waals surface area contributed by atoms with E-state index in [1.807, 2.05) is 72.9 Å². The summed E-state index contributed by atoms with van der Waals surface area (Å²) in [4.78, 5) is 26.1. The summed E-state index contributed by atoms with van der Waals surface area (Å²) in [5, 5.41) is 23.8. The lowest BCUT2D eigenvalue weighted by atomic mass is 10.0. The summed E-state index contributed by atoms with van der Waals surface area (Å²) in [6.07, 6.45) is 65.7. The lowest BCUT2D eigenvalue weighted by Gasteiger charge is -2.24. The standard InChI is InChI=1S/C56H93NO5/c1-4-7-10-13-16-19-22-25-27-30-33-36-39-42-45-48-54(59)53(51-58)57-55(60)50-52(47-44-41-38-35-32-29-24-21-18-15-12-9-6-3)62-56(61)49-46-43-40-37-34-31-28-26-23-20-17-14-11-8-5-2/h8-9,11-12,14-15,17-18,20-21,23-24,26,28-29,31-32,34,52-54,58-59H,4-7,10,13,16,19,22,25,27,30,33,35-51H2,1-3H3,(H,57,60)/b11-8+,12-9+,17-14+,18-15+,23-20-,24-21+,28-26-,32-29-,34-31+. The molecule has 352 valence electrons. The van der Waals surface area contributed by atoms with Gasteiger partial charge in [-0.3, -0.25) is 9.59 Å². The summed E-state index contributed by atoms with van der Waals surface area (Å²) < 4.78 is 5.89. The molecule has 1 amide bonds. The number of carbonyl (C=O) groups excluding carboxylic acids is 2. The Hall–Kier alpha value is -3.48. The van der Waals surface area contributed by atoms with Gasteiger partial charge in [-0.05, 0) is 64.2 Å². The highest BCUT2D eigenvalue weighted by molar-refractivity contribution is 5.77. The van der Waals surface area contributed by atoms with E-state index >= 15 is 0 Å². The van der Waals surface area contributed by atoms with Crippen LogP contribution in [-0.2, 0) is 14.3 Å². The summed E-state index contributed by atoms with van der Waals surface area (Å²) in [7, 11) is 0. The Labute approximate surface area is 381 Å². The average molecular weight is 860 g/mol. The van der Waals surface area contributed by atoms with Gasteiger partial charge in [0, 0.05) is 6.42 Å². The van der Waals surface area contributed by atoms with Gasteiger partial charge in [0.1, 0.15) is 6.10 Å². The van der Waals surface area contributed by atoms with Crippen LogP contribution in [0.25, 0.3) is 0 Å². The number of aliphatic hydroxyl groups excluding tert-OH is 2. The minimum absolute atomic E-state index is 0.0271. The Bertz CT molecular complexity index is 1280. The predicted octanol–water partition coefficient (Wildman–Crippen LogP) is 15.1. The first-order valence-electron chi connectivity index (χ1n) is 25.2. The molecule has 6 heteroatoms. The second-order valence-electron chi connectivity index (χ2n) is 16.7. The molecule has 0 rings (SSSR count). The van der Waals surface area contributed by atoms with Crippen molar-refractivity contribution < 1.29 is 24.5 Å². The summed E-state index contributed by atoms with van der Waals surface area (Å²) >= 11 is 0. The van der Waals surface area contributed by atoms with Crippen molar-refractivity contribution >= 4 is 11.9 Å². The van der Waals surface area contributed by atoms with Crippen molar-refractivity contribution in [1.82, 2.24) is 5.32 Å². The van der Waals surface area contributed by atoms with E-state index in [0.29, 0.717) is 19.3 Å². The molecule has 0 aromatic carbocycles. The van der Waals surface area contributed by atoms with Crippen LogP contribution in [0.5, 0.6) is 0 Å². The first-order valence-corrected chi connectivity index (χ1v) is 25.2. The maximum absolute atomic E-state index is 13.2. The number of ether oxygens (including phenoxy) is 1. The molecule has 0 saturated heterocycles.